The Morgan fingerprint density at radius 3 is 2.76 bits per heavy atom. The summed E-state index contributed by atoms with van der Waals surface area (Å²) in [5.41, 5.74) is 0.826. The van der Waals surface area contributed by atoms with Crippen LogP contribution >= 0.6 is 23.4 Å². The Kier molecular flexibility index (Phi) is 4.42. The molecule has 0 radical (unpaired) electrons. The van der Waals surface area contributed by atoms with Crippen LogP contribution in [0.3, 0.4) is 0 Å². The van der Waals surface area contributed by atoms with Crippen LogP contribution in [0.15, 0.2) is 53.7 Å². The maximum absolute atomic E-state index is 9.97. The molecule has 1 N–H and O–H groups in total. The standard InChI is InChI=1S/C13H12ClNOS/c14-11-5-1-2-6-13(11)17-9-12(16)10-4-3-7-15-8-10/h1-8,12,16H,9H2. The molecule has 88 valence electrons. The van der Waals surface area contributed by atoms with Crippen LogP contribution in [-0.2, 0) is 0 Å². The van der Waals surface area contributed by atoms with Crippen LogP contribution in [0.2, 0.25) is 5.02 Å². The zero-order valence-electron chi connectivity index (χ0n) is 9.08. The smallest absolute Gasteiger partial charge is 0.0898 e. The Morgan fingerprint density at radius 2 is 2.06 bits per heavy atom. The number of thioether (sulfide) groups is 1. The second-order valence-corrected chi connectivity index (χ2v) is 5.01. The van der Waals surface area contributed by atoms with Gasteiger partial charge in [0.05, 0.1) is 11.1 Å². The number of halogens is 1. The van der Waals surface area contributed by atoms with Gasteiger partial charge < -0.3 is 5.11 Å². The summed E-state index contributed by atoms with van der Waals surface area (Å²) in [6.45, 7) is 0. The van der Waals surface area contributed by atoms with Crippen molar-refractivity contribution in [2.24, 2.45) is 0 Å². The van der Waals surface area contributed by atoms with Gasteiger partial charge in [0.25, 0.3) is 0 Å². The van der Waals surface area contributed by atoms with Crippen molar-refractivity contribution in [1.82, 2.24) is 4.98 Å². The average molecular weight is 266 g/mol. The number of benzene rings is 1. The van der Waals surface area contributed by atoms with E-state index in [0.29, 0.717) is 5.75 Å². The molecule has 0 fully saturated rings. The molecule has 1 unspecified atom stereocenters. The third-order valence-electron chi connectivity index (χ3n) is 2.30. The van der Waals surface area contributed by atoms with Crippen LogP contribution in [0.1, 0.15) is 11.7 Å². The molecule has 0 saturated heterocycles. The highest BCUT2D eigenvalue weighted by Crippen LogP contribution is 2.29. The highest BCUT2D eigenvalue weighted by molar-refractivity contribution is 7.99. The normalized spacial score (nSPS) is 12.4. The summed E-state index contributed by atoms with van der Waals surface area (Å²) in [5.74, 6) is 0.565. The first kappa shape index (κ1) is 12.4. The van der Waals surface area contributed by atoms with Gasteiger partial charge >= 0.3 is 0 Å². The summed E-state index contributed by atoms with van der Waals surface area (Å²) in [7, 11) is 0. The molecule has 0 amide bonds. The summed E-state index contributed by atoms with van der Waals surface area (Å²) < 4.78 is 0. The second-order valence-electron chi connectivity index (χ2n) is 3.54. The van der Waals surface area contributed by atoms with Gasteiger partial charge in [0.15, 0.2) is 0 Å². The molecule has 0 saturated carbocycles. The third-order valence-corrected chi connectivity index (χ3v) is 3.89. The Labute approximate surface area is 110 Å². The molecule has 0 aliphatic rings. The average Bonchev–Trinajstić information content (AvgIpc) is 2.38. The number of hydrogen-bond acceptors (Lipinski definition) is 3. The van der Waals surface area contributed by atoms with E-state index < -0.39 is 6.10 Å². The number of hydrogen-bond donors (Lipinski definition) is 1. The van der Waals surface area contributed by atoms with Crippen molar-refractivity contribution in [3.05, 3.63) is 59.4 Å². The molecule has 1 heterocycles. The number of rotatable bonds is 4. The number of aliphatic hydroxyl groups excluding tert-OH is 1. The van der Waals surface area contributed by atoms with E-state index in [9.17, 15) is 5.11 Å². The number of pyridine rings is 1. The molecule has 1 aromatic carbocycles. The summed E-state index contributed by atoms with van der Waals surface area (Å²) >= 11 is 7.58. The van der Waals surface area contributed by atoms with E-state index in [1.54, 1.807) is 24.2 Å². The van der Waals surface area contributed by atoms with Gasteiger partial charge in [0, 0.05) is 23.0 Å². The van der Waals surface area contributed by atoms with Crippen molar-refractivity contribution in [2.45, 2.75) is 11.0 Å². The fraction of sp³-hybridized carbons (Fsp3) is 0.154. The number of nitrogens with zero attached hydrogens (tertiary/aromatic N) is 1. The number of aromatic nitrogens is 1. The molecular formula is C13H12ClNOS. The molecule has 0 spiro atoms. The molecule has 0 aliphatic carbocycles. The Morgan fingerprint density at radius 1 is 1.24 bits per heavy atom. The first-order valence-electron chi connectivity index (χ1n) is 5.22. The van der Waals surface area contributed by atoms with Gasteiger partial charge in [-0.15, -0.1) is 11.8 Å². The second kappa shape index (κ2) is 6.05. The van der Waals surface area contributed by atoms with E-state index in [-0.39, 0.29) is 0 Å². The van der Waals surface area contributed by atoms with E-state index in [1.807, 2.05) is 36.4 Å². The quantitative estimate of drug-likeness (QED) is 0.858. The van der Waals surface area contributed by atoms with Crippen molar-refractivity contribution >= 4 is 23.4 Å². The maximum atomic E-state index is 9.97. The van der Waals surface area contributed by atoms with Gasteiger partial charge in [-0.05, 0) is 23.8 Å². The van der Waals surface area contributed by atoms with Gasteiger partial charge in [-0.1, -0.05) is 29.8 Å². The molecule has 17 heavy (non-hydrogen) atoms. The van der Waals surface area contributed by atoms with Crippen molar-refractivity contribution in [2.75, 3.05) is 5.75 Å². The van der Waals surface area contributed by atoms with Gasteiger partial charge in [0.1, 0.15) is 0 Å². The summed E-state index contributed by atoms with van der Waals surface area (Å²) in [5, 5.41) is 10.7. The summed E-state index contributed by atoms with van der Waals surface area (Å²) in [6, 6.07) is 11.3. The minimum Gasteiger partial charge on any atom is -0.387 e. The predicted molar refractivity (Wildman–Crippen MR) is 71.4 cm³/mol. The third kappa shape index (κ3) is 3.46. The van der Waals surface area contributed by atoms with Gasteiger partial charge in [-0.3, -0.25) is 4.98 Å². The van der Waals surface area contributed by atoms with Crippen molar-refractivity contribution in [1.29, 1.82) is 0 Å². The monoisotopic (exact) mass is 265 g/mol. The van der Waals surface area contributed by atoms with Gasteiger partial charge in [-0.2, -0.15) is 0 Å². The Balaban J connectivity index is 1.97. The zero-order valence-corrected chi connectivity index (χ0v) is 10.7. The lowest BCUT2D eigenvalue weighted by Gasteiger charge is -2.10. The molecule has 2 nitrogen and oxygen atoms in total. The first-order valence-corrected chi connectivity index (χ1v) is 6.59. The van der Waals surface area contributed by atoms with Crippen LogP contribution in [-0.4, -0.2) is 15.8 Å². The van der Waals surface area contributed by atoms with Crippen LogP contribution in [0.5, 0.6) is 0 Å². The molecule has 0 aliphatic heterocycles. The van der Waals surface area contributed by atoms with Gasteiger partial charge in [-0.25, -0.2) is 0 Å². The summed E-state index contributed by atoms with van der Waals surface area (Å²) in [6.07, 6.45) is 2.85. The molecule has 4 heteroatoms. The fourth-order valence-corrected chi connectivity index (χ4v) is 2.61. The van der Waals surface area contributed by atoms with E-state index in [2.05, 4.69) is 4.98 Å². The largest absolute Gasteiger partial charge is 0.387 e. The Hall–Kier alpha value is -1.03. The molecule has 1 atom stereocenters. The van der Waals surface area contributed by atoms with E-state index in [1.165, 1.54) is 0 Å². The maximum Gasteiger partial charge on any atom is 0.0898 e. The topological polar surface area (TPSA) is 33.1 Å². The van der Waals surface area contributed by atoms with Crippen LogP contribution in [0.4, 0.5) is 0 Å². The predicted octanol–water partition coefficient (Wildman–Crippen LogP) is 3.56. The van der Waals surface area contributed by atoms with Crippen molar-refractivity contribution in [3.63, 3.8) is 0 Å². The van der Waals surface area contributed by atoms with Crippen molar-refractivity contribution in [3.8, 4) is 0 Å². The first-order chi connectivity index (χ1) is 8.27. The highest BCUT2D eigenvalue weighted by atomic mass is 35.5. The minimum atomic E-state index is -0.523. The SMILES string of the molecule is OC(CSc1ccccc1Cl)c1cccnc1. The van der Waals surface area contributed by atoms with Crippen LogP contribution < -0.4 is 0 Å². The molecule has 0 bridgehead atoms. The van der Waals surface area contributed by atoms with E-state index in [0.717, 1.165) is 15.5 Å². The lowest BCUT2D eigenvalue weighted by atomic mass is 10.2. The van der Waals surface area contributed by atoms with Crippen molar-refractivity contribution < 1.29 is 5.11 Å². The van der Waals surface area contributed by atoms with Crippen LogP contribution in [0, 0.1) is 0 Å². The molecule has 2 aromatic rings. The van der Waals surface area contributed by atoms with Gasteiger partial charge in [0.2, 0.25) is 0 Å². The number of aliphatic hydroxyl groups is 1. The lowest BCUT2D eigenvalue weighted by molar-refractivity contribution is 0.203. The molecule has 2 rings (SSSR count). The molecule has 1 aromatic heterocycles. The zero-order chi connectivity index (χ0) is 12.1. The lowest BCUT2D eigenvalue weighted by Crippen LogP contribution is -2.00. The van der Waals surface area contributed by atoms with E-state index in [4.69, 9.17) is 11.6 Å². The summed E-state index contributed by atoms with van der Waals surface area (Å²) in [4.78, 5) is 4.97. The Bertz CT molecular complexity index is 478. The molecular weight excluding hydrogens is 254 g/mol. The van der Waals surface area contributed by atoms with E-state index >= 15 is 0 Å². The minimum absolute atomic E-state index is 0.523. The fourth-order valence-electron chi connectivity index (χ4n) is 1.40. The highest BCUT2D eigenvalue weighted by Gasteiger charge is 2.09. The van der Waals surface area contributed by atoms with Crippen LogP contribution in [0.25, 0.3) is 0 Å².